The van der Waals surface area contributed by atoms with Crippen molar-refractivity contribution in [2.45, 2.75) is 20.8 Å². The number of carbonyl (C=O) groups excluding carboxylic acids is 1. The van der Waals surface area contributed by atoms with E-state index >= 15 is 0 Å². The normalized spacial score (nSPS) is 10.8. The Hall–Kier alpha value is -1.00. The first-order valence-corrected chi connectivity index (χ1v) is 8.37. The van der Waals surface area contributed by atoms with E-state index in [4.69, 9.17) is 4.74 Å². The SMILES string of the molecule is CCN(CC)CCSCCOc1ccccc1C(C)=O. The molecule has 0 aliphatic rings. The number of ether oxygens (including phenoxy) is 1. The van der Waals surface area contributed by atoms with Gasteiger partial charge in [-0.15, -0.1) is 0 Å². The van der Waals surface area contributed by atoms with Crippen LogP contribution in [-0.4, -0.2) is 48.4 Å². The number of Topliss-reactive ketones (excluding diaryl/α,β-unsaturated/α-hetero) is 1. The molecule has 112 valence electrons. The Bertz CT molecular complexity index is 405. The molecule has 0 radical (unpaired) electrons. The Morgan fingerprint density at radius 3 is 2.55 bits per heavy atom. The summed E-state index contributed by atoms with van der Waals surface area (Å²) < 4.78 is 5.70. The molecule has 0 aliphatic carbocycles. The molecule has 0 bridgehead atoms. The Balaban J connectivity index is 2.23. The largest absolute Gasteiger partial charge is 0.492 e. The summed E-state index contributed by atoms with van der Waals surface area (Å²) in [5, 5.41) is 0. The molecule has 0 fully saturated rings. The van der Waals surface area contributed by atoms with Gasteiger partial charge >= 0.3 is 0 Å². The fourth-order valence-corrected chi connectivity index (χ4v) is 2.72. The van der Waals surface area contributed by atoms with Crippen LogP contribution in [0.5, 0.6) is 5.75 Å². The molecule has 0 spiro atoms. The fraction of sp³-hybridized carbons (Fsp3) is 0.562. The van der Waals surface area contributed by atoms with E-state index in [1.54, 1.807) is 6.92 Å². The number of benzene rings is 1. The summed E-state index contributed by atoms with van der Waals surface area (Å²) in [6, 6.07) is 7.43. The quantitative estimate of drug-likeness (QED) is 0.489. The van der Waals surface area contributed by atoms with Crippen LogP contribution < -0.4 is 4.74 Å². The predicted molar refractivity (Wildman–Crippen MR) is 87.1 cm³/mol. The second kappa shape index (κ2) is 9.83. The van der Waals surface area contributed by atoms with E-state index in [1.807, 2.05) is 36.0 Å². The van der Waals surface area contributed by atoms with Crippen LogP contribution in [0, 0.1) is 0 Å². The van der Waals surface area contributed by atoms with Gasteiger partial charge in [-0.25, -0.2) is 0 Å². The van der Waals surface area contributed by atoms with E-state index < -0.39 is 0 Å². The van der Waals surface area contributed by atoms with Crippen LogP contribution in [0.1, 0.15) is 31.1 Å². The highest BCUT2D eigenvalue weighted by Crippen LogP contribution is 2.18. The summed E-state index contributed by atoms with van der Waals surface area (Å²) in [6.45, 7) is 9.95. The minimum absolute atomic E-state index is 0.0507. The van der Waals surface area contributed by atoms with Gasteiger partial charge in [0.1, 0.15) is 5.75 Å². The molecular weight excluding hydrogens is 270 g/mol. The summed E-state index contributed by atoms with van der Waals surface area (Å²) in [4.78, 5) is 13.9. The van der Waals surface area contributed by atoms with Crippen LogP contribution in [0.25, 0.3) is 0 Å². The number of ketones is 1. The summed E-state index contributed by atoms with van der Waals surface area (Å²) >= 11 is 1.89. The Morgan fingerprint density at radius 2 is 1.90 bits per heavy atom. The highest BCUT2D eigenvalue weighted by molar-refractivity contribution is 7.99. The van der Waals surface area contributed by atoms with Crippen molar-refractivity contribution in [1.29, 1.82) is 0 Å². The first-order chi connectivity index (χ1) is 9.69. The number of para-hydroxylation sites is 1. The number of rotatable bonds is 10. The smallest absolute Gasteiger partial charge is 0.163 e. The maximum Gasteiger partial charge on any atom is 0.163 e. The van der Waals surface area contributed by atoms with E-state index in [1.165, 1.54) is 0 Å². The molecule has 0 N–H and O–H groups in total. The van der Waals surface area contributed by atoms with Crippen molar-refractivity contribution in [3.63, 3.8) is 0 Å². The van der Waals surface area contributed by atoms with Gasteiger partial charge in [-0.1, -0.05) is 26.0 Å². The highest BCUT2D eigenvalue weighted by Gasteiger charge is 2.06. The minimum atomic E-state index is 0.0507. The molecule has 1 aromatic rings. The van der Waals surface area contributed by atoms with Gasteiger partial charge in [0.05, 0.1) is 12.2 Å². The van der Waals surface area contributed by atoms with Crippen LogP contribution in [0.15, 0.2) is 24.3 Å². The second-order valence-corrected chi connectivity index (χ2v) is 5.76. The molecular formula is C16H25NO2S. The molecule has 0 saturated heterocycles. The van der Waals surface area contributed by atoms with Crippen LogP contribution in [0.3, 0.4) is 0 Å². The van der Waals surface area contributed by atoms with Gasteiger partial charge in [-0.3, -0.25) is 4.79 Å². The molecule has 0 unspecified atom stereocenters. The van der Waals surface area contributed by atoms with Gasteiger partial charge in [0.2, 0.25) is 0 Å². The summed E-state index contributed by atoms with van der Waals surface area (Å²) in [7, 11) is 0. The topological polar surface area (TPSA) is 29.5 Å². The molecule has 1 rings (SSSR count). The molecule has 3 nitrogen and oxygen atoms in total. The molecule has 0 aromatic heterocycles. The third-order valence-electron chi connectivity index (χ3n) is 3.20. The maximum atomic E-state index is 11.5. The first kappa shape index (κ1) is 17.1. The standard InChI is InChI=1S/C16H25NO2S/c1-4-17(5-2)10-12-20-13-11-19-16-9-7-6-8-15(16)14(3)18/h6-9H,4-5,10-13H2,1-3H3. The third-order valence-corrected chi connectivity index (χ3v) is 4.12. The number of carbonyl (C=O) groups is 1. The second-order valence-electron chi connectivity index (χ2n) is 4.54. The van der Waals surface area contributed by atoms with Crippen LogP contribution in [0.2, 0.25) is 0 Å². The van der Waals surface area contributed by atoms with Gasteiger partial charge < -0.3 is 9.64 Å². The number of nitrogens with zero attached hydrogens (tertiary/aromatic N) is 1. The average molecular weight is 295 g/mol. The number of hydrogen-bond donors (Lipinski definition) is 0. The lowest BCUT2D eigenvalue weighted by Gasteiger charge is -2.17. The first-order valence-electron chi connectivity index (χ1n) is 7.21. The van der Waals surface area contributed by atoms with Crippen molar-refractivity contribution in [3.05, 3.63) is 29.8 Å². The molecule has 1 aromatic carbocycles. The van der Waals surface area contributed by atoms with E-state index in [-0.39, 0.29) is 5.78 Å². The highest BCUT2D eigenvalue weighted by atomic mass is 32.2. The van der Waals surface area contributed by atoms with Gasteiger partial charge in [-0.05, 0) is 32.1 Å². The molecule has 0 atom stereocenters. The molecule has 0 aliphatic heterocycles. The van der Waals surface area contributed by atoms with E-state index in [9.17, 15) is 4.79 Å². The van der Waals surface area contributed by atoms with Crippen LogP contribution in [-0.2, 0) is 0 Å². The zero-order chi connectivity index (χ0) is 14.8. The Kier molecular flexibility index (Phi) is 8.38. The zero-order valence-corrected chi connectivity index (χ0v) is 13.5. The molecule has 0 amide bonds. The lowest BCUT2D eigenvalue weighted by atomic mass is 10.1. The summed E-state index contributed by atoms with van der Waals surface area (Å²) in [6.07, 6.45) is 0. The monoisotopic (exact) mass is 295 g/mol. The number of hydrogen-bond acceptors (Lipinski definition) is 4. The van der Waals surface area contributed by atoms with Gasteiger partial charge in [0.15, 0.2) is 5.78 Å². The fourth-order valence-electron chi connectivity index (χ4n) is 1.93. The van der Waals surface area contributed by atoms with Gasteiger partial charge in [-0.2, -0.15) is 11.8 Å². The summed E-state index contributed by atoms with van der Waals surface area (Å²) in [5.74, 6) is 2.83. The lowest BCUT2D eigenvalue weighted by molar-refractivity contribution is 0.101. The van der Waals surface area contributed by atoms with Gasteiger partial charge in [0.25, 0.3) is 0 Å². The molecule has 20 heavy (non-hydrogen) atoms. The van der Waals surface area contributed by atoms with Crippen molar-refractivity contribution in [3.8, 4) is 5.75 Å². The van der Waals surface area contributed by atoms with E-state index in [2.05, 4.69) is 18.7 Å². The van der Waals surface area contributed by atoms with E-state index in [0.29, 0.717) is 17.9 Å². The zero-order valence-electron chi connectivity index (χ0n) is 12.7. The Morgan fingerprint density at radius 1 is 1.20 bits per heavy atom. The molecule has 0 heterocycles. The predicted octanol–water partition coefficient (Wildman–Crippen LogP) is 3.34. The maximum absolute atomic E-state index is 11.5. The van der Waals surface area contributed by atoms with E-state index in [0.717, 1.165) is 31.1 Å². The molecule has 4 heteroatoms. The van der Waals surface area contributed by atoms with Gasteiger partial charge in [0, 0.05) is 18.1 Å². The van der Waals surface area contributed by atoms with Crippen molar-refractivity contribution in [2.75, 3.05) is 37.7 Å². The van der Waals surface area contributed by atoms with Crippen molar-refractivity contribution in [2.24, 2.45) is 0 Å². The lowest BCUT2D eigenvalue weighted by Crippen LogP contribution is -2.25. The Labute approximate surface area is 126 Å². The third kappa shape index (κ3) is 5.97. The van der Waals surface area contributed by atoms with Crippen molar-refractivity contribution < 1.29 is 9.53 Å². The minimum Gasteiger partial charge on any atom is -0.492 e. The van der Waals surface area contributed by atoms with Crippen LogP contribution >= 0.6 is 11.8 Å². The van der Waals surface area contributed by atoms with Crippen molar-refractivity contribution >= 4 is 17.5 Å². The van der Waals surface area contributed by atoms with Crippen molar-refractivity contribution in [1.82, 2.24) is 4.90 Å². The van der Waals surface area contributed by atoms with Crippen LogP contribution in [0.4, 0.5) is 0 Å². The molecule has 0 saturated carbocycles. The number of thioether (sulfide) groups is 1. The average Bonchev–Trinajstić information content (AvgIpc) is 2.47. The summed E-state index contributed by atoms with van der Waals surface area (Å²) in [5.41, 5.74) is 0.667.